The van der Waals surface area contributed by atoms with E-state index < -0.39 is 23.3 Å². The molecule has 1 heterocycles. The van der Waals surface area contributed by atoms with Crippen molar-refractivity contribution in [3.8, 4) is 16.9 Å². The van der Waals surface area contributed by atoms with Crippen LogP contribution in [0.3, 0.4) is 0 Å². The van der Waals surface area contributed by atoms with Crippen molar-refractivity contribution in [2.45, 2.75) is 72.2 Å². The van der Waals surface area contributed by atoms with Crippen LogP contribution in [0.4, 0.5) is 13.2 Å². The van der Waals surface area contributed by atoms with Crippen molar-refractivity contribution in [1.82, 2.24) is 9.55 Å². The summed E-state index contributed by atoms with van der Waals surface area (Å²) in [5.41, 5.74) is 1.02. The summed E-state index contributed by atoms with van der Waals surface area (Å²) in [6.07, 6.45) is -0.979. The third-order valence-corrected chi connectivity index (χ3v) is 7.70. The Bertz CT molecular complexity index is 1720. The molecule has 0 bridgehead atoms. The lowest BCUT2D eigenvalue weighted by atomic mass is 9.98. The second-order valence-corrected chi connectivity index (χ2v) is 11.0. The van der Waals surface area contributed by atoms with Crippen LogP contribution in [0.25, 0.3) is 11.1 Å². The first-order valence-corrected chi connectivity index (χ1v) is 14.9. The number of halogens is 4. The van der Waals surface area contributed by atoms with Gasteiger partial charge in [0.25, 0.3) is 5.56 Å². The predicted molar refractivity (Wildman–Crippen MR) is 165 cm³/mol. The molecule has 4 rings (SSSR count). The maximum Gasteiger partial charge on any atom is 0.417 e. The molecular weight excluding hydrogens is 593 g/mol. The number of carboxylic acids is 1. The summed E-state index contributed by atoms with van der Waals surface area (Å²) < 4.78 is 49.3. The molecule has 4 aromatic rings. The molecule has 0 fully saturated rings. The summed E-state index contributed by atoms with van der Waals surface area (Å²) in [4.78, 5) is 29.8. The zero-order valence-electron chi connectivity index (χ0n) is 24.8. The van der Waals surface area contributed by atoms with Crippen molar-refractivity contribution < 1.29 is 27.8 Å². The van der Waals surface area contributed by atoms with Gasteiger partial charge < -0.3 is 9.84 Å². The molecule has 0 aliphatic carbocycles. The van der Waals surface area contributed by atoms with Gasteiger partial charge in [-0.05, 0) is 55.2 Å². The zero-order valence-corrected chi connectivity index (χ0v) is 25.6. The summed E-state index contributed by atoms with van der Waals surface area (Å²) in [6, 6.07) is 15.1. The van der Waals surface area contributed by atoms with E-state index in [1.54, 1.807) is 19.1 Å². The Labute approximate surface area is 259 Å². The first kappa shape index (κ1) is 32.8. The number of carboxylic acid groups (broad SMARTS) is 1. The molecule has 44 heavy (non-hydrogen) atoms. The Morgan fingerprint density at radius 2 is 1.75 bits per heavy atom. The number of hydrogen-bond donors (Lipinski definition) is 1. The minimum atomic E-state index is -4.63. The Kier molecular flexibility index (Phi) is 10.5. The lowest BCUT2D eigenvalue weighted by molar-refractivity contribution is -0.137. The van der Waals surface area contributed by atoms with Gasteiger partial charge in [0.05, 0.1) is 28.9 Å². The van der Waals surface area contributed by atoms with Crippen LogP contribution < -0.4 is 10.3 Å². The maximum atomic E-state index is 14.0. The minimum Gasteiger partial charge on any atom is -0.489 e. The molecule has 0 saturated carbocycles. The van der Waals surface area contributed by atoms with Crippen LogP contribution in [0.2, 0.25) is 5.02 Å². The standard InChI is InChI=1S/C34H34ClF3N2O4/c1-4-6-12-30-39-21(3)31(26-10-7-8-11-27(26)34(36,37)38)32(41)40(30)19-22-13-16-29(23(17-22)9-5-2)44-20-25-15-14-24(33(42)43)18-28(25)35/h7-8,10-11,13-18H,4-6,9,12,19-20H2,1-3H3,(H,42,43). The number of aryl methyl sites for hydroxylation is 3. The fourth-order valence-electron chi connectivity index (χ4n) is 5.14. The highest BCUT2D eigenvalue weighted by Crippen LogP contribution is 2.37. The number of benzene rings is 3. The molecule has 0 amide bonds. The number of alkyl halides is 3. The summed E-state index contributed by atoms with van der Waals surface area (Å²) in [6.45, 7) is 5.88. The van der Waals surface area contributed by atoms with Crippen LogP contribution in [0.1, 0.15) is 77.2 Å². The molecule has 0 aliphatic rings. The number of hydrogen-bond acceptors (Lipinski definition) is 4. The molecular formula is C34H34ClF3N2O4. The Hall–Kier alpha value is -4.11. The Balaban J connectivity index is 1.72. The van der Waals surface area contributed by atoms with Crippen LogP contribution in [-0.2, 0) is 32.2 Å². The summed E-state index contributed by atoms with van der Waals surface area (Å²) in [5, 5.41) is 9.47. The second-order valence-electron chi connectivity index (χ2n) is 10.6. The Morgan fingerprint density at radius 1 is 1.00 bits per heavy atom. The molecule has 0 atom stereocenters. The van der Waals surface area contributed by atoms with Crippen LogP contribution in [0.5, 0.6) is 5.75 Å². The van der Waals surface area contributed by atoms with E-state index >= 15 is 0 Å². The van der Waals surface area contributed by atoms with E-state index in [4.69, 9.17) is 16.3 Å². The number of unbranched alkanes of at least 4 members (excludes halogenated alkanes) is 1. The van der Waals surface area contributed by atoms with Crippen LogP contribution >= 0.6 is 11.6 Å². The third kappa shape index (κ3) is 7.50. The Morgan fingerprint density at radius 3 is 2.41 bits per heavy atom. The number of rotatable bonds is 12. The van der Waals surface area contributed by atoms with Crippen LogP contribution in [-0.4, -0.2) is 20.6 Å². The first-order chi connectivity index (χ1) is 20.9. The smallest absolute Gasteiger partial charge is 0.417 e. The monoisotopic (exact) mass is 626 g/mol. The van der Waals surface area contributed by atoms with Crippen molar-refractivity contribution in [3.63, 3.8) is 0 Å². The molecule has 10 heteroatoms. The lowest BCUT2D eigenvalue weighted by Crippen LogP contribution is -2.29. The van der Waals surface area contributed by atoms with Gasteiger partial charge in [0.1, 0.15) is 18.2 Å². The van der Waals surface area contributed by atoms with Crippen LogP contribution in [0, 0.1) is 6.92 Å². The summed E-state index contributed by atoms with van der Waals surface area (Å²) in [7, 11) is 0. The van der Waals surface area contributed by atoms with Gasteiger partial charge in [-0.2, -0.15) is 13.2 Å². The van der Waals surface area contributed by atoms with E-state index in [0.29, 0.717) is 30.0 Å². The van der Waals surface area contributed by atoms with Crippen molar-refractivity contribution in [1.29, 1.82) is 0 Å². The van der Waals surface area contributed by atoms with E-state index in [1.807, 2.05) is 26.0 Å². The van der Waals surface area contributed by atoms with Crippen molar-refractivity contribution >= 4 is 17.6 Å². The molecule has 3 aromatic carbocycles. The van der Waals surface area contributed by atoms with Crippen LogP contribution in [0.15, 0.2) is 65.5 Å². The van der Waals surface area contributed by atoms with Crippen molar-refractivity contribution in [2.75, 3.05) is 0 Å². The topological polar surface area (TPSA) is 81.4 Å². The second kappa shape index (κ2) is 14.1. The highest BCUT2D eigenvalue weighted by atomic mass is 35.5. The number of ether oxygens (including phenoxy) is 1. The van der Waals surface area contributed by atoms with Crippen molar-refractivity contribution in [2.24, 2.45) is 0 Å². The zero-order chi connectivity index (χ0) is 32.0. The minimum absolute atomic E-state index is 0.0577. The van der Waals surface area contributed by atoms with Gasteiger partial charge in [0.2, 0.25) is 0 Å². The SMILES string of the molecule is CCCCc1nc(C)c(-c2ccccc2C(F)(F)F)c(=O)n1Cc1ccc(OCc2ccc(C(=O)O)cc2Cl)c(CCC)c1. The van der Waals surface area contributed by atoms with Gasteiger partial charge >= 0.3 is 12.1 Å². The molecule has 1 aromatic heterocycles. The quantitative estimate of drug-likeness (QED) is 0.170. The fourth-order valence-corrected chi connectivity index (χ4v) is 5.37. The first-order valence-electron chi connectivity index (χ1n) is 14.5. The van der Waals surface area contributed by atoms with Gasteiger partial charge in [-0.15, -0.1) is 0 Å². The average Bonchev–Trinajstić information content (AvgIpc) is 2.97. The highest BCUT2D eigenvalue weighted by Gasteiger charge is 2.34. The van der Waals surface area contributed by atoms with Gasteiger partial charge in [0, 0.05) is 22.6 Å². The molecule has 0 saturated heterocycles. The number of aromatic carboxylic acids is 1. The summed E-state index contributed by atoms with van der Waals surface area (Å²) in [5.74, 6) is 0.0753. The fraction of sp³-hybridized carbons (Fsp3) is 0.324. The van der Waals surface area contributed by atoms with E-state index in [9.17, 15) is 27.9 Å². The normalized spacial score (nSPS) is 11.5. The maximum absolute atomic E-state index is 14.0. The largest absolute Gasteiger partial charge is 0.489 e. The lowest BCUT2D eigenvalue weighted by Gasteiger charge is -2.19. The molecule has 0 aliphatic heterocycles. The van der Waals surface area contributed by atoms with Gasteiger partial charge in [0.15, 0.2) is 0 Å². The van der Waals surface area contributed by atoms with E-state index in [0.717, 1.165) is 36.5 Å². The van der Waals surface area contributed by atoms with Gasteiger partial charge in [-0.3, -0.25) is 9.36 Å². The number of nitrogens with zero attached hydrogens (tertiary/aromatic N) is 2. The predicted octanol–water partition coefficient (Wildman–Crippen LogP) is 8.51. The molecule has 6 nitrogen and oxygen atoms in total. The van der Waals surface area contributed by atoms with Crippen molar-refractivity contribution in [3.05, 3.63) is 115 Å². The summed E-state index contributed by atoms with van der Waals surface area (Å²) >= 11 is 6.28. The number of aromatic nitrogens is 2. The average molecular weight is 627 g/mol. The third-order valence-electron chi connectivity index (χ3n) is 7.35. The van der Waals surface area contributed by atoms with Gasteiger partial charge in [-0.1, -0.05) is 74.7 Å². The van der Waals surface area contributed by atoms with E-state index in [-0.39, 0.29) is 40.6 Å². The molecule has 0 radical (unpaired) electrons. The van der Waals surface area contributed by atoms with E-state index in [2.05, 4.69) is 4.98 Å². The molecule has 0 unspecified atom stereocenters. The van der Waals surface area contributed by atoms with Gasteiger partial charge in [-0.25, -0.2) is 9.78 Å². The highest BCUT2D eigenvalue weighted by molar-refractivity contribution is 6.31. The molecule has 1 N–H and O–H groups in total. The van der Waals surface area contributed by atoms with E-state index in [1.165, 1.54) is 34.9 Å². The number of carbonyl (C=O) groups is 1. The molecule has 232 valence electrons. The molecule has 0 spiro atoms.